The van der Waals surface area contributed by atoms with Gasteiger partial charge >= 0.3 is 0 Å². The predicted octanol–water partition coefficient (Wildman–Crippen LogP) is 3.05. The number of hydrogen-bond donors (Lipinski definition) is 1. The Labute approximate surface area is 187 Å². The Hall–Kier alpha value is -1.44. The molecule has 3 aliphatic rings. The molecule has 0 bridgehead atoms. The lowest BCUT2D eigenvalue weighted by molar-refractivity contribution is -0.119. The first-order valence-corrected chi connectivity index (χ1v) is 13.7. The van der Waals surface area contributed by atoms with Gasteiger partial charge in [0.15, 0.2) is 0 Å². The highest BCUT2D eigenvalue weighted by molar-refractivity contribution is 7.88. The molecule has 0 radical (unpaired) electrons. The van der Waals surface area contributed by atoms with Gasteiger partial charge in [-0.15, -0.1) is 0 Å². The zero-order chi connectivity index (χ0) is 22.1. The summed E-state index contributed by atoms with van der Waals surface area (Å²) in [5.74, 6) is 0.524. The van der Waals surface area contributed by atoms with Gasteiger partial charge in [-0.2, -0.15) is 0 Å². The van der Waals surface area contributed by atoms with Crippen molar-refractivity contribution in [3.8, 4) is 0 Å². The van der Waals surface area contributed by atoms with Gasteiger partial charge < -0.3 is 10.2 Å². The van der Waals surface area contributed by atoms with Gasteiger partial charge in [-0.05, 0) is 87.0 Å². The summed E-state index contributed by atoms with van der Waals surface area (Å²) in [7, 11) is -3.07. The zero-order valence-electron chi connectivity index (χ0n) is 19.0. The number of hydrogen-bond acceptors (Lipinski definition) is 4. The van der Waals surface area contributed by atoms with E-state index in [4.69, 9.17) is 0 Å². The van der Waals surface area contributed by atoms with Gasteiger partial charge in [-0.25, -0.2) is 12.7 Å². The summed E-state index contributed by atoms with van der Waals surface area (Å²) in [5, 5.41) is 3.14. The molecule has 31 heavy (non-hydrogen) atoms. The number of nitrogens with one attached hydrogen (secondary N) is 1. The standard InChI is InChI=1S/C24H37N3O3S/c1-19(28)25-23-9-11-24(22-8-4-3-7-21(22)23)12-16-26(17-13-24)15-10-20-6-5-14-27(18-20)31(2,29)30/h3-4,7-8,20,23H,5-6,9-18H2,1-2H3,(H,25,28). The number of benzene rings is 1. The molecule has 1 aromatic carbocycles. The Morgan fingerprint density at radius 2 is 1.87 bits per heavy atom. The summed E-state index contributed by atoms with van der Waals surface area (Å²) in [5.41, 5.74) is 2.98. The first kappa shape index (κ1) is 22.7. The fourth-order valence-electron chi connectivity index (χ4n) is 6.04. The molecule has 2 unspecified atom stereocenters. The second-order valence-corrected chi connectivity index (χ2v) is 11.9. The number of sulfonamides is 1. The SMILES string of the molecule is CC(=O)NC1CCC2(CCN(CCC3CCCN(S(C)(=O)=O)C3)CC2)c2ccccc21. The highest BCUT2D eigenvalue weighted by Crippen LogP contribution is 2.47. The molecule has 2 heterocycles. The third-order valence-electron chi connectivity index (χ3n) is 7.81. The molecule has 1 N–H and O–H groups in total. The van der Waals surface area contributed by atoms with E-state index >= 15 is 0 Å². The summed E-state index contributed by atoms with van der Waals surface area (Å²) in [6, 6.07) is 8.84. The fraction of sp³-hybridized carbons (Fsp3) is 0.708. The van der Waals surface area contributed by atoms with Crippen LogP contribution in [0.3, 0.4) is 0 Å². The van der Waals surface area contributed by atoms with Gasteiger partial charge in [0.05, 0.1) is 12.3 Å². The monoisotopic (exact) mass is 447 g/mol. The van der Waals surface area contributed by atoms with Crippen molar-refractivity contribution in [2.45, 2.75) is 63.3 Å². The Balaban J connectivity index is 1.34. The van der Waals surface area contributed by atoms with E-state index in [2.05, 4.69) is 34.5 Å². The lowest BCUT2D eigenvalue weighted by Gasteiger charge is -2.47. The molecule has 7 heteroatoms. The smallest absolute Gasteiger partial charge is 0.217 e. The van der Waals surface area contributed by atoms with E-state index < -0.39 is 10.0 Å². The highest BCUT2D eigenvalue weighted by atomic mass is 32.2. The number of piperidine rings is 2. The maximum absolute atomic E-state index is 11.9. The van der Waals surface area contributed by atoms with Crippen molar-refractivity contribution in [1.29, 1.82) is 0 Å². The van der Waals surface area contributed by atoms with Crippen LogP contribution in [0.4, 0.5) is 0 Å². The van der Waals surface area contributed by atoms with Crippen LogP contribution in [0.5, 0.6) is 0 Å². The first-order chi connectivity index (χ1) is 14.8. The molecule has 0 saturated carbocycles. The van der Waals surface area contributed by atoms with Crippen LogP contribution >= 0.6 is 0 Å². The molecule has 0 aromatic heterocycles. The minimum Gasteiger partial charge on any atom is -0.350 e. The van der Waals surface area contributed by atoms with Gasteiger partial charge in [0.2, 0.25) is 15.9 Å². The average Bonchev–Trinajstić information content (AvgIpc) is 2.75. The fourth-order valence-corrected chi connectivity index (χ4v) is 6.99. The largest absolute Gasteiger partial charge is 0.350 e. The van der Waals surface area contributed by atoms with Gasteiger partial charge in [0.1, 0.15) is 0 Å². The predicted molar refractivity (Wildman–Crippen MR) is 123 cm³/mol. The summed E-state index contributed by atoms with van der Waals surface area (Å²) < 4.78 is 25.4. The van der Waals surface area contributed by atoms with Crippen molar-refractivity contribution in [3.05, 3.63) is 35.4 Å². The number of amides is 1. The van der Waals surface area contributed by atoms with E-state index in [1.807, 2.05) is 0 Å². The summed E-state index contributed by atoms with van der Waals surface area (Å²) in [6.07, 6.45) is 9.01. The third-order valence-corrected chi connectivity index (χ3v) is 9.08. The van der Waals surface area contributed by atoms with E-state index in [0.717, 1.165) is 64.6 Å². The van der Waals surface area contributed by atoms with Gasteiger partial charge in [-0.1, -0.05) is 24.3 Å². The van der Waals surface area contributed by atoms with Crippen molar-refractivity contribution in [2.24, 2.45) is 5.92 Å². The Bertz CT molecular complexity index is 893. The number of carbonyl (C=O) groups excluding carboxylic acids is 1. The summed E-state index contributed by atoms with van der Waals surface area (Å²) in [4.78, 5) is 14.2. The van der Waals surface area contributed by atoms with E-state index in [1.54, 1.807) is 11.2 Å². The van der Waals surface area contributed by atoms with Crippen molar-refractivity contribution in [2.75, 3.05) is 39.0 Å². The van der Waals surface area contributed by atoms with E-state index in [-0.39, 0.29) is 17.4 Å². The highest BCUT2D eigenvalue weighted by Gasteiger charge is 2.42. The van der Waals surface area contributed by atoms with Crippen LogP contribution in [0, 0.1) is 5.92 Å². The lowest BCUT2D eigenvalue weighted by Crippen LogP contribution is -2.47. The number of carbonyl (C=O) groups is 1. The lowest BCUT2D eigenvalue weighted by atomic mass is 9.63. The maximum atomic E-state index is 11.9. The maximum Gasteiger partial charge on any atom is 0.217 e. The quantitative estimate of drug-likeness (QED) is 0.753. The number of rotatable bonds is 5. The molecule has 2 fully saturated rings. The number of likely N-dealkylation sites (tertiary alicyclic amines) is 1. The first-order valence-electron chi connectivity index (χ1n) is 11.8. The van der Waals surface area contributed by atoms with Crippen LogP contribution in [0.15, 0.2) is 24.3 Å². The van der Waals surface area contributed by atoms with Gasteiger partial charge in [0, 0.05) is 20.0 Å². The number of nitrogens with zero attached hydrogens (tertiary/aromatic N) is 2. The summed E-state index contributed by atoms with van der Waals surface area (Å²) >= 11 is 0. The molecule has 1 amide bonds. The van der Waals surface area contributed by atoms with Crippen LogP contribution in [-0.4, -0.2) is 62.5 Å². The van der Waals surface area contributed by atoms with E-state index in [0.29, 0.717) is 19.0 Å². The molecule has 4 rings (SSSR count). The molecule has 1 aliphatic carbocycles. The molecular formula is C24H37N3O3S. The van der Waals surface area contributed by atoms with Crippen molar-refractivity contribution in [1.82, 2.24) is 14.5 Å². The molecule has 2 saturated heterocycles. The Morgan fingerprint density at radius 3 is 2.58 bits per heavy atom. The minimum atomic E-state index is -3.07. The van der Waals surface area contributed by atoms with Crippen LogP contribution in [0.25, 0.3) is 0 Å². The Morgan fingerprint density at radius 1 is 1.13 bits per heavy atom. The molecule has 172 valence electrons. The van der Waals surface area contributed by atoms with Crippen LogP contribution in [0.2, 0.25) is 0 Å². The van der Waals surface area contributed by atoms with E-state index in [9.17, 15) is 13.2 Å². The second-order valence-electron chi connectivity index (χ2n) is 9.92. The minimum absolute atomic E-state index is 0.0442. The van der Waals surface area contributed by atoms with Crippen molar-refractivity contribution >= 4 is 15.9 Å². The average molecular weight is 448 g/mol. The normalized spacial score (nSPS) is 27.0. The van der Waals surface area contributed by atoms with Crippen molar-refractivity contribution in [3.63, 3.8) is 0 Å². The molecule has 1 aromatic rings. The zero-order valence-corrected chi connectivity index (χ0v) is 19.8. The Kier molecular flexibility index (Phi) is 6.75. The van der Waals surface area contributed by atoms with Gasteiger partial charge in [-0.3, -0.25) is 4.79 Å². The molecule has 1 spiro atoms. The third kappa shape index (κ3) is 5.15. The van der Waals surface area contributed by atoms with Crippen LogP contribution in [-0.2, 0) is 20.2 Å². The molecule has 2 atom stereocenters. The van der Waals surface area contributed by atoms with Crippen molar-refractivity contribution < 1.29 is 13.2 Å². The molecule has 6 nitrogen and oxygen atoms in total. The second kappa shape index (κ2) is 9.20. The topological polar surface area (TPSA) is 69.7 Å². The van der Waals surface area contributed by atoms with E-state index in [1.165, 1.54) is 17.4 Å². The van der Waals surface area contributed by atoms with Crippen LogP contribution < -0.4 is 5.32 Å². The number of fused-ring (bicyclic) bond motifs is 2. The molecule has 2 aliphatic heterocycles. The summed E-state index contributed by atoms with van der Waals surface area (Å²) in [6.45, 7) is 6.24. The van der Waals surface area contributed by atoms with Gasteiger partial charge in [0.25, 0.3) is 0 Å². The van der Waals surface area contributed by atoms with Crippen LogP contribution in [0.1, 0.15) is 69.0 Å². The molecular weight excluding hydrogens is 410 g/mol.